The van der Waals surface area contributed by atoms with Crippen LogP contribution in [0.15, 0.2) is 36.4 Å². The van der Waals surface area contributed by atoms with Crippen LogP contribution in [0.25, 0.3) is 0 Å². The van der Waals surface area contributed by atoms with E-state index in [1.54, 1.807) is 24.3 Å². The summed E-state index contributed by atoms with van der Waals surface area (Å²) in [6.45, 7) is 6.45. The molecule has 23 heavy (non-hydrogen) atoms. The molecule has 1 aromatic carbocycles. The number of carbonyl (C=O) groups is 2. The van der Waals surface area contributed by atoms with Crippen molar-refractivity contribution in [1.82, 2.24) is 10.6 Å². The third-order valence-corrected chi connectivity index (χ3v) is 2.94. The number of hydrogen-bond acceptors (Lipinski definition) is 4. The van der Waals surface area contributed by atoms with Crippen LogP contribution in [0.3, 0.4) is 0 Å². The number of anilines is 1. The smallest absolute Gasteiger partial charge is 0.330 e. The van der Waals surface area contributed by atoms with E-state index in [-0.39, 0.29) is 5.41 Å². The zero-order valence-electron chi connectivity index (χ0n) is 14.0. The molecule has 0 aliphatic rings. The average Bonchev–Trinajstić information content (AvgIpc) is 2.48. The minimum Gasteiger partial charge on any atom is -0.479 e. The molecular weight excluding hydrogens is 294 g/mol. The van der Waals surface area contributed by atoms with Gasteiger partial charge in [0.2, 0.25) is 0 Å². The Kier molecular flexibility index (Phi) is 6.78. The molecule has 0 heterocycles. The Morgan fingerprint density at radius 1 is 1.30 bits per heavy atom. The molecule has 0 spiro atoms. The van der Waals surface area contributed by atoms with Gasteiger partial charge in [0.05, 0.1) is 6.67 Å². The van der Waals surface area contributed by atoms with Crippen LogP contribution in [-0.4, -0.2) is 36.7 Å². The number of carboxylic acid groups (broad SMARTS) is 1. The summed E-state index contributed by atoms with van der Waals surface area (Å²) in [6, 6.07) is 5.84. The summed E-state index contributed by atoms with van der Waals surface area (Å²) in [4.78, 5) is 23.6. The van der Waals surface area contributed by atoms with Gasteiger partial charge in [-0.25, -0.2) is 4.79 Å². The summed E-state index contributed by atoms with van der Waals surface area (Å²) in [5.41, 5.74) is 1.03. The van der Waals surface area contributed by atoms with E-state index in [4.69, 9.17) is 0 Å². The van der Waals surface area contributed by atoms with Gasteiger partial charge in [-0.05, 0) is 30.7 Å². The van der Waals surface area contributed by atoms with Crippen molar-refractivity contribution in [3.05, 3.63) is 42.0 Å². The van der Waals surface area contributed by atoms with Crippen molar-refractivity contribution in [3.8, 4) is 0 Å². The quantitative estimate of drug-likeness (QED) is 0.456. The van der Waals surface area contributed by atoms with E-state index >= 15 is 0 Å². The Hall–Kier alpha value is -2.34. The standard InChI is InChI=1S/C17H25N3O3/c1-17(2,3)9-8-14(16(22)23)20-15(21)12-6-5-7-13(10-12)19-11-18-4/h5-10,14,18-19H,11H2,1-4H3,(H,20,21)(H,22,23)/b9-8+. The van der Waals surface area contributed by atoms with Gasteiger partial charge in [-0.3, -0.25) is 4.79 Å². The number of rotatable bonds is 7. The lowest BCUT2D eigenvalue weighted by molar-refractivity contribution is -0.137. The van der Waals surface area contributed by atoms with Crippen LogP contribution in [0, 0.1) is 5.41 Å². The number of carboxylic acids is 1. The van der Waals surface area contributed by atoms with Crippen LogP contribution in [-0.2, 0) is 4.79 Å². The fourth-order valence-corrected chi connectivity index (χ4v) is 1.76. The second-order valence-corrected chi connectivity index (χ2v) is 6.30. The number of amides is 1. The van der Waals surface area contributed by atoms with E-state index in [1.807, 2.05) is 33.9 Å². The van der Waals surface area contributed by atoms with Gasteiger partial charge < -0.3 is 21.1 Å². The van der Waals surface area contributed by atoms with Crippen LogP contribution >= 0.6 is 0 Å². The molecule has 4 N–H and O–H groups in total. The van der Waals surface area contributed by atoms with Gasteiger partial charge in [0.1, 0.15) is 6.04 Å². The molecule has 6 nitrogen and oxygen atoms in total. The highest BCUT2D eigenvalue weighted by molar-refractivity contribution is 5.97. The third-order valence-electron chi connectivity index (χ3n) is 2.94. The van der Waals surface area contributed by atoms with E-state index < -0.39 is 17.9 Å². The van der Waals surface area contributed by atoms with Crippen molar-refractivity contribution in [3.63, 3.8) is 0 Å². The number of nitrogens with one attached hydrogen (secondary N) is 3. The number of hydrogen-bond donors (Lipinski definition) is 4. The Balaban J connectivity index is 2.83. The molecule has 0 aromatic heterocycles. The van der Waals surface area contributed by atoms with E-state index in [0.29, 0.717) is 12.2 Å². The highest BCUT2D eigenvalue weighted by Crippen LogP contribution is 2.15. The maximum Gasteiger partial charge on any atom is 0.330 e. The van der Waals surface area contributed by atoms with Gasteiger partial charge in [0.25, 0.3) is 5.91 Å². The van der Waals surface area contributed by atoms with Crippen molar-refractivity contribution in [2.24, 2.45) is 5.41 Å². The van der Waals surface area contributed by atoms with Crippen molar-refractivity contribution in [2.45, 2.75) is 26.8 Å². The molecule has 0 fully saturated rings. The molecule has 1 amide bonds. The Morgan fingerprint density at radius 3 is 2.57 bits per heavy atom. The summed E-state index contributed by atoms with van der Waals surface area (Å²) < 4.78 is 0. The van der Waals surface area contributed by atoms with Crippen molar-refractivity contribution < 1.29 is 14.7 Å². The molecule has 126 valence electrons. The molecule has 0 aliphatic carbocycles. The topological polar surface area (TPSA) is 90.5 Å². The first kappa shape index (κ1) is 18.7. The average molecular weight is 319 g/mol. The molecular formula is C17H25N3O3. The van der Waals surface area contributed by atoms with Gasteiger partial charge in [-0.2, -0.15) is 0 Å². The Morgan fingerprint density at radius 2 is 2.00 bits per heavy atom. The fourth-order valence-electron chi connectivity index (χ4n) is 1.76. The number of aliphatic carboxylic acids is 1. The molecule has 0 aliphatic heterocycles. The van der Waals surface area contributed by atoms with Crippen LogP contribution in [0.2, 0.25) is 0 Å². The van der Waals surface area contributed by atoms with Crippen molar-refractivity contribution >= 4 is 17.6 Å². The molecule has 0 saturated carbocycles. The second-order valence-electron chi connectivity index (χ2n) is 6.30. The van der Waals surface area contributed by atoms with Gasteiger partial charge in [-0.15, -0.1) is 0 Å². The van der Waals surface area contributed by atoms with Crippen LogP contribution < -0.4 is 16.0 Å². The Labute approximate surface area is 137 Å². The number of allylic oxidation sites excluding steroid dienone is 1. The molecule has 0 saturated heterocycles. The summed E-state index contributed by atoms with van der Waals surface area (Å²) >= 11 is 0. The fraction of sp³-hybridized carbons (Fsp3) is 0.412. The van der Waals surface area contributed by atoms with Gasteiger partial charge in [-0.1, -0.05) is 39.0 Å². The molecule has 6 heteroatoms. The minimum atomic E-state index is -1.09. The number of benzene rings is 1. The molecule has 1 unspecified atom stereocenters. The first-order valence-corrected chi connectivity index (χ1v) is 7.44. The number of carbonyl (C=O) groups excluding carboxylic acids is 1. The lowest BCUT2D eigenvalue weighted by atomic mass is 9.95. The lowest BCUT2D eigenvalue weighted by Gasteiger charge is -2.15. The predicted octanol–water partition coefficient (Wildman–Crippen LogP) is 2.06. The van der Waals surface area contributed by atoms with E-state index in [0.717, 1.165) is 5.69 Å². The molecule has 1 rings (SSSR count). The van der Waals surface area contributed by atoms with Crippen LogP contribution in [0.5, 0.6) is 0 Å². The van der Waals surface area contributed by atoms with Gasteiger partial charge in [0, 0.05) is 11.3 Å². The van der Waals surface area contributed by atoms with Crippen LogP contribution in [0.1, 0.15) is 31.1 Å². The monoisotopic (exact) mass is 319 g/mol. The minimum absolute atomic E-state index is 0.157. The Bertz CT molecular complexity index is 577. The first-order valence-electron chi connectivity index (χ1n) is 7.44. The molecule has 1 atom stereocenters. The van der Waals surface area contributed by atoms with Crippen LogP contribution in [0.4, 0.5) is 5.69 Å². The zero-order valence-corrected chi connectivity index (χ0v) is 14.0. The highest BCUT2D eigenvalue weighted by atomic mass is 16.4. The largest absolute Gasteiger partial charge is 0.479 e. The maximum absolute atomic E-state index is 12.3. The third kappa shape index (κ3) is 6.97. The summed E-state index contributed by atoms with van der Waals surface area (Å²) in [7, 11) is 1.81. The van der Waals surface area contributed by atoms with E-state index in [2.05, 4.69) is 16.0 Å². The first-order chi connectivity index (χ1) is 10.7. The van der Waals surface area contributed by atoms with Gasteiger partial charge >= 0.3 is 5.97 Å². The molecule has 1 aromatic rings. The van der Waals surface area contributed by atoms with Crippen molar-refractivity contribution in [1.29, 1.82) is 0 Å². The molecule has 0 bridgehead atoms. The van der Waals surface area contributed by atoms with Gasteiger partial charge in [0.15, 0.2) is 0 Å². The van der Waals surface area contributed by atoms with E-state index in [9.17, 15) is 14.7 Å². The zero-order chi connectivity index (χ0) is 17.5. The molecule has 0 radical (unpaired) electrons. The normalized spacial score (nSPS) is 12.9. The van der Waals surface area contributed by atoms with Crippen molar-refractivity contribution in [2.75, 3.05) is 19.0 Å². The van der Waals surface area contributed by atoms with E-state index in [1.165, 1.54) is 6.08 Å². The maximum atomic E-state index is 12.3. The summed E-state index contributed by atoms with van der Waals surface area (Å²) in [5, 5.41) is 17.8. The lowest BCUT2D eigenvalue weighted by Crippen LogP contribution is -2.39. The SMILES string of the molecule is CNCNc1cccc(C(=O)NC(/C=C/C(C)(C)C)C(=O)O)c1. The second kappa shape index (κ2) is 8.33. The predicted molar refractivity (Wildman–Crippen MR) is 91.5 cm³/mol. The summed E-state index contributed by atoms with van der Waals surface area (Å²) in [6.07, 6.45) is 3.28. The highest BCUT2D eigenvalue weighted by Gasteiger charge is 2.19. The summed E-state index contributed by atoms with van der Waals surface area (Å²) in [5.74, 6) is -1.52.